The van der Waals surface area contributed by atoms with E-state index in [1.54, 1.807) is 18.3 Å². The van der Waals surface area contributed by atoms with Crippen molar-refractivity contribution in [2.24, 2.45) is 5.73 Å². The Morgan fingerprint density at radius 2 is 2.07 bits per heavy atom. The SMILES string of the molecule is Cc1ccc(C(=N)c2cnc3[nH]cc(C(=O)NC(C)(C)CN)c3n2)c(N)c1. The lowest BCUT2D eigenvalue weighted by Crippen LogP contribution is -2.48. The fourth-order valence-corrected chi connectivity index (χ4v) is 2.66. The Morgan fingerprint density at radius 1 is 1.33 bits per heavy atom. The highest BCUT2D eigenvalue weighted by atomic mass is 16.1. The minimum atomic E-state index is -0.547. The molecule has 0 fully saturated rings. The summed E-state index contributed by atoms with van der Waals surface area (Å²) in [6, 6.07) is 5.48. The third-order valence-corrected chi connectivity index (χ3v) is 4.32. The number of nitrogens with zero attached hydrogens (tertiary/aromatic N) is 2. The number of aromatic amines is 1. The molecule has 0 saturated carbocycles. The van der Waals surface area contributed by atoms with Crippen LogP contribution in [0.2, 0.25) is 0 Å². The zero-order valence-electron chi connectivity index (χ0n) is 15.6. The van der Waals surface area contributed by atoms with Gasteiger partial charge in [0.1, 0.15) is 11.2 Å². The molecule has 2 aromatic heterocycles. The fourth-order valence-electron chi connectivity index (χ4n) is 2.66. The van der Waals surface area contributed by atoms with E-state index in [1.165, 1.54) is 6.20 Å². The van der Waals surface area contributed by atoms with E-state index in [1.807, 2.05) is 26.8 Å². The summed E-state index contributed by atoms with van der Waals surface area (Å²) in [7, 11) is 0. The van der Waals surface area contributed by atoms with Crippen molar-refractivity contribution in [3.05, 3.63) is 53.0 Å². The van der Waals surface area contributed by atoms with E-state index in [-0.39, 0.29) is 11.6 Å². The number of nitrogens with two attached hydrogens (primary N) is 2. The maximum Gasteiger partial charge on any atom is 0.255 e. The fraction of sp³-hybridized carbons (Fsp3) is 0.263. The first-order valence-corrected chi connectivity index (χ1v) is 8.54. The molecule has 0 aliphatic carbocycles. The largest absolute Gasteiger partial charge is 0.398 e. The van der Waals surface area contributed by atoms with E-state index in [0.717, 1.165) is 5.56 Å². The number of anilines is 1. The molecule has 0 aliphatic rings. The van der Waals surface area contributed by atoms with Gasteiger partial charge in [0.25, 0.3) is 5.91 Å². The van der Waals surface area contributed by atoms with Crippen LogP contribution in [0.1, 0.15) is 41.0 Å². The molecule has 1 amide bonds. The number of benzene rings is 1. The van der Waals surface area contributed by atoms with Gasteiger partial charge in [-0.15, -0.1) is 0 Å². The number of aryl methyl sites for hydroxylation is 1. The van der Waals surface area contributed by atoms with Gasteiger partial charge in [-0.2, -0.15) is 0 Å². The normalized spacial score (nSPS) is 11.6. The first-order valence-electron chi connectivity index (χ1n) is 8.54. The zero-order valence-corrected chi connectivity index (χ0v) is 15.6. The average Bonchev–Trinajstić information content (AvgIpc) is 3.04. The molecule has 27 heavy (non-hydrogen) atoms. The van der Waals surface area contributed by atoms with Crippen LogP contribution >= 0.6 is 0 Å². The van der Waals surface area contributed by atoms with Gasteiger partial charge in [-0.05, 0) is 32.4 Å². The number of hydrogen-bond donors (Lipinski definition) is 5. The van der Waals surface area contributed by atoms with E-state index in [2.05, 4.69) is 20.3 Å². The second kappa shape index (κ2) is 6.81. The van der Waals surface area contributed by atoms with Crippen molar-refractivity contribution >= 4 is 28.5 Å². The number of carbonyl (C=O) groups excluding carboxylic acids is 1. The summed E-state index contributed by atoms with van der Waals surface area (Å²) in [4.78, 5) is 24.3. The Bertz CT molecular complexity index is 1040. The molecular formula is C19H23N7O. The molecule has 0 bridgehead atoms. The first kappa shape index (κ1) is 18.5. The molecule has 0 spiro atoms. The highest BCUT2D eigenvalue weighted by molar-refractivity contribution is 6.13. The summed E-state index contributed by atoms with van der Waals surface area (Å²) in [6.07, 6.45) is 3.05. The molecule has 0 unspecified atom stereocenters. The summed E-state index contributed by atoms with van der Waals surface area (Å²) < 4.78 is 0. The van der Waals surface area contributed by atoms with Gasteiger partial charge in [-0.25, -0.2) is 9.97 Å². The van der Waals surface area contributed by atoms with Crippen LogP contribution in [-0.2, 0) is 0 Å². The molecule has 8 heteroatoms. The van der Waals surface area contributed by atoms with Crippen LogP contribution in [-0.4, -0.2) is 38.7 Å². The summed E-state index contributed by atoms with van der Waals surface area (Å²) in [5.41, 5.74) is 15.0. The van der Waals surface area contributed by atoms with E-state index >= 15 is 0 Å². The third kappa shape index (κ3) is 3.65. The molecule has 140 valence electrons. The maximum atomic E-state index is 12.6. The van der Waals surface area contributed by atoms with Gasteiger partial charge in [-0.1, -0.05) is 12.1 Å². The number of rotatable bonds is 5. The summed E-state index contributed by atoms with van der Waals surface area (Å²) in [5.74, 6) is -0.301. The van der Waals surface area contributed by atoms with Crippen molar-refractivity contribution in [2.45, 2.75) is 26.3 Å². The van der Waals surface area contributed by atoms with Gasteiger partial charge in [0.15, 0.2) is 5.65 Å². The Kier molecular flexibility index (Phi) is 4.67. The van der Waals surface area contributed by atoms with Crippen molar-refractivity contribution in [1.29, 1.82) is 5.41 Å². The predicted octanol–water partition coefficient (Wildman–Crippen LogP) is 1.73. The van der Waals surface area contributed by atoms with Crippen LogP contribution in [0.3, 0.4) is 0 Å². The Labute approximate surface area is 156 Å². The second-order valence-electron chi connectivity index (χ2n) is 7.16. The minimum Gasteiger partial charge on any atom is -0.398 e. The standard InChI is InChI=1S/C19H23N7O/c1-10-4-5-11(13(21)6-10)15(22)14-8-24-17-16(25-14)12(7-23-17)18(27)26-19(2,3)9-20/h4-8,22H,9,20-21H2,1-3H3,(H,23,24)(H,26,27). The Hall–Kier alpha value is -3.26. The smallest absolute Gasteiger partial charge is 0.255 e. The molecule has 7 N–H and O–H groups in total. The summed E-state index contributed by atoms with van der Waals surface area (Å²) in [5, 5.41) is 11.3. The maximum absolute atomic E-state index is 12.6. The molecule has 3 aromatic rings. The van der Waals surface area contributed by atoms with E-state index < -0.39 is 5.54 Å². The van der Waals surface area contributed by atoms with Crippen molar-refractivity contribution in [3.8, 4) is 0 Å². The number of aromatic nitrogens is 3. The molecule has 0 radical (unpaired) electrons. The van der Waals surface area contributed by atoms with Crippen molar-refractivity contribution in [3.63, 3.8) is 0 Å². The zero-order chi connectivity index (χ0) is 19.8. The number of amides is 1. The first-order chi connectivity index (χ1) is 12.7. The van der Waals surface area contributed by atoms with E-state index in [4.69, 9.17) is 16.9 Å². The van der Waals surface area contributed by atoms with Gasteiger partial charge in [0, 0.05) is 29.5 Å². The molecular weight excluding hydrogens is 342 g/mol. The van der Waals surface area contributed by atoms with Gasteiger partial charge in [0.05, 0.1) is 17.5 Å². The van der Waals surface area contributed by atoms with Gasteiger partial charge in [-0.3, -0.25) is 10.2 Å². The number of hydrogen-bond acceptors (Lipinski definition) is 6. The highest BCUT2D eigenvalue weighted by Gasteiger charge is 2.23. The lowest BCUT2D eigenvalue weighted by Gasteiger charge is -2.23. The molecule has 8 nitrogen and oxygen atoms in total. The molecule has 1 aromatic carbocycles. The molecule has 3 rings (SSSR count). The van der Waals surface area contributed by atoms with Crippen LogP contribution in [0.5, 0.6) is 0 Å². The minimum absolute atomic E-state index is 0.150. The van der Waals surface area contributed by atoms with Crippen LogP contribution in [0, 0.1) is 12.3 Å². The van der Waals surface area contributed by atoms with E-state index in [9.17, 15) is 4.79 Å². The van der Waals surface area contributed by atoms with Crippen molar-refractivity contribution in [1.82, 2.24) is 20.3 Å². The Balaban J connectivity index is 2.00. The number of nitrogens with one attached hydrogen (secondary N) is 3. The number of fused-ring (bicyclic) bond motifs is 1. The summed E-state index contributed by atoms with van der Waals surface area (Å²) in [6.45, 7) is 5.91. The molecule has 0 saturated heterocycles. The third-order valence-electron chi connectivity index (χ3n) is 4.32. The number of nitrogen functional groups attached to an aromatic ring is 1. The average molecular weight is 365 g/mol. The van der Waals surface area contributed by atoms with Crippen molar-refractivity contribution in [2.75, 3.05) is 12.3 Å². The monoisotopic (exact) mass is 365 g/mol. The van der Waals surface area contributed by atoms with Gasteiger partial charge < -0.3 is 21.8 Å². The topological polar surface area (TPSA) is 147 Å². The highest BCUT2D eigenvalue weighted by Crippen LogP contribution is 2.20. The lowest BCUT2D eigenvalue weighted by molar-refractivity contribution is 0.0917. The number of carbonyl (C=O) groups is 1. The Morgan fingerprint density at radius 3 is 2.74 bits per heavy atom. The molecule has 2 heterocycles. The van der Waals surface area contributed by atoms with Gasteiger partial charge in [0.2, 0.25) is 0 Å². The lowest BCUT2D eigenvalue weighted by atomic mass is 10.0. The molecule has 0 atom stereocenters. The van der Waals surface area contributed by atoms with Gasteiger partial charge >= 0.3 is 0 Å². The van der Waals surface area contributed by atoms with Crippen molar-refractivity contribution < 1.29 is 4.79 Å². The number of H-pyrrole nitrogens is 1. The quantitative estimate of drug-likeness (QED) is 0.345. The summed E-state index contributed by atoms with van der Waals surface area (Å²) >= 11 is 0. The molecule has 0 aliphatic heterocycles. The second-order valence-corrected chi connectivity index (χ2v) is 7.16. The van der Waals surface area contributed by atoms with Crippen LogP contribution in [0.25, 0.3) is 11.2 Å². The predicted molar refractivity (Wildman–Crippen MR) is 106 cm³/mol. The van der Waals surface area contributed by atoms with Crippen LogP contribution < -0.4 is 16.8 Å². The van der Waals surface area contributed by atoms with Crippen LogP contribution in [0.4, 0.5) is 5.69 Å². The van der Waals surface area contributed by atoms with E-state index in [0.29, 0.717) is 40.2 Å². The van der Waals surface area contributed by atoms with Crippen LogP contribution in [0.15, 0.2) is 30.6 Å².